The van der Waals surface area contributed by atoms with E-state index in [-0.39, 0.29) is 12.5 Å². The lowest BCUT2D eigenvalue weighted by atomic mass is 10.00. The molecule has 1 aliphatic heterocycles. The van der Waals surface area contributed by atoms with Crippen LogP contribution in [0.3, 0.4) is 0 Å². The molecule has 1 amide bonds. The van der Waals surface area contributed by atoms with Crippen LogP contribution in [0, 0.1) is 13.8 Å². The first-order valence-electron chi connectivity index (χ1n) is 8.80. The number of nitrogens with zero attached hydrogens (tertiary/aromatic N) is 1. The molecule has 26 heavy (non-hydrogen) atoms. The molecule has 1 heterocycles. The van der Waals surface area contributed by atoms with E-state index in [0.717, 1.165) is 17.5 Å². The second-order valence-corrected chi connectivity index (χ2v) is 6.64. The normalized spacial score (nSPS) is 13.9. The van der Waals surface area contributed by atoms with Gasteiger partial charge in [-0.25, -0.2) is 4.79 Å². The number of carbonyl (C=O) groups is 2. The van der Waals surface area contributed by atoms with Crippen molar-refractivity contribution >= 4 is 17.4 Å². The van der Waals surface area contributed by atoms with Crippen molar-refractivity contribution in [3.63, 3.8) is 0 Å². The molecule has 0 N–H and O–H groups in total. The average molecular weight is 349 g/mol. The molecule has 0 saturated heterocycles. The van der Waals surface area contributed by atoms with Crippen molar-refractivity contribution in [2.45, 2.75) is 20.3 Å². The van der Waals surface area contributed by atoms with Crippen molar-refractivity contribution < 1.29 is 14.3 Å². The third kappa shape index (κ3) is 4.39. The number of hydrogen-bond donors (Lipinski definition) is 0. The van der Waals surface area contributed by atoms with Crippen LogP contribution in [0.15, 0.2) is 54.6 Å². The minimum Gasteiger partial charge on any atom is -0.452 e. The van der Waals surface area contributed by atoms with Crippen LogP contribution < -0.4 is 0 Å². The highest BCUT2D eigenvalue weighted by Crippen LogP contribution is 2.22. The van der Waals surface area contributed by atoms with Gasteiger partial charge in [0.25, 0.3) is 5.91 Å². The van der Waals surface area contributed by atoms with Gasteiger partial charge in [0.15, 0.2) is 6.61 Å². The van der Waals surface area contributed by atoms with Gasteiger partial charge < -0.3 is 9.64 Å². The SMILES string of the molecule is Cc1cc(C)cc(C(=O)OCC(=O)N2CC=C(c3ccccc3)CC2)c1. The maximum Gasteiger partial charge on any atom is 0.338 e. The van der Waals surface area contributed by atoms with E-state index in [4.69, 9.17) is 4.74 Å². The molecule has 0 radical (unpaired) electrons. The molecule has 2 aromatic rings. The topological polar surface area (TPSA) is 46.6 Å². The third-order valence-electron chi connectivity index (χ3n) is 4.49. The fourth-order valence-electron chi connectivity index (χ4n) is 3.20. The molecule has 0 fully saturated rings. The Kier molecular flexibility index (Phi) is 5.52. The number of esters is 1. The van der Waals surface area contributed by atoms with Crippen molar-refractivity contribution in [1.82, 2.24) is 4.90 Å². The van der Waals surface area contributed by atoms with E-state index >= 15 is 0 Å². The van der Waals surface area contributed by atoms with Crippen molar-refractivity contribution in [1.29, 1.82) is 0 Å². The van der Waals surface area contributed by atoms with E-state index in [9.17, 15) is 9.59 Å². The van der Waals surface area contributed by atoms with Gasteiger partial charge in [0, 0.05) is 13.1 Å². The number of hydrogen-bond acceptors (Lipinski definition) is 3. The number of ether oxygens (including phenoxy) is 1. The molecule has 0 aliphatic carbocycles. The number of amides is 1. The van der Waals surface area contributed by atoms with Crippen LogP contribution in [0.1, 0.15) is 33.5 Å². The highest BCUT2D eigenvalue weighted by molar-refractivity contribution is 5.91. The van der Waals surface area contributed by atoms with Crippen LogP contribution >= 0.6 is 0 Å². The molecule has 0 spiro atoms. The fourth-order valence-corrected chi connectivity index (χ4v) is 3.20. The molecule has 0 aromatic heterocycles. The molecule has 0 atom stereocenters. The summed E-state index contributed by atoms with van der Waals surface area (Å²) in [7, 11) is 0. The van der Waals surface area contributed by atoms with Gasteiger partial charge in [0.2, 0.25) is 0 Å². The first kappa shape index (κ1) is 17.9. The van der Waals surface area contributed by atoms with E-state index in [1.165, 1.54) is 11.1 Å². The highest BCUT2D eigenvalue weighted by atomic mass is 16.5. The number of carbonyl (C=O) groups excluding carboxylic acids is 2. The largest absolute Gasteiger partial charge is 0.452 e. The van der Waals surface area contributed by atoms with Crippen LogP contribution in [-0.2, 0) is 9.53 Å². The van der Waals surface area contributed by atoms with E-state index in [1.807, 2.05) is 38.1 Å². The summed E-state index contributed by atoms with van der Waals surface area (Å²) >= 11 is 0. The molecule has 2 aromatic carbocycles. The Morgan fingerprint density at radius 3 is 2.35 bits per heavy atom. The zero-order valence-corrected chi connectivity index (χ0v) is 15.2. The lowest BCUT2D eigenvalue weighted by Gasteiger charge is -2.26. The standard InChI is InChI=1S/C22H23NO3/c1-16-12-17(2)14-20(13-16)22(25)26-15-21(24)23-10-8-19(9-11-23)18-6-4-3-5-7-18/h3-8,12-14H,9-11,15H2,1-2H3. The van der Waals surface area contributed by atoms with Crippen LogP contribution in [0.4, 0.5) is 0 Å². The van der Waals surface area contributed by atoms with Crippen molar-refractivity contribution in [2.75, 3.05) is 19.7 Å². The Labute approximate surface area is 154 Å². The van der Waals surface area contributed by atoms with Crippen LogP contribution in [-0.4, -0.2) is 36.5 Å². The van der Waals surface area contributed by atoms with E-state index in [1.54, 1.807) is 17.0 Å². The maximum absolute atomic E-state index is 12.3. The zero-order valence-electron chi connectivity index (χ0n) is 15.2. The van der Waals surface area contributed by atoms with E-state index < -0.39 is 5.97 Å². The Morgan fingerprint density at radius 2 is 1.73 bits per heavy atom. The minimum atomic E-state index is -0.456. The molecule has 0 unspecified atom stereocenters. The molecule has 3 rings (SSSR count). The van der Waals surface area contributed by atoms with Gasteiger partial charge in [-0.15, -0.1) is 0 Å². The smallest absolute Gasteiger partial charge is 0.338 e. The molecule has 134 valence electrons. The van der Waals surface area contributed by atoms with Gasteiger partial charge in [-0.2, -0.15) is 0 Å². The molecular weight excluding hydrogens is 326 g/mol. The third-order valence-corrected chi connectivity index (χ3v) is 4.49. The summed E-state index contributed by atoms with van der Waals surface area (Å²) in [6.07, 6.45) is 2.88. The lowest BCUT2D eigenvalue weighted by Crippen LogP contribution is -2.37. The lowest BCUT2D eigenvalue weighted by molar-refractivity contribution is -0.134. The van der Waals surface area contributed by atoms with Gasteiger partial charge >= 0.3 is 5.97 Å². The summed E-state index contributed by atoms with van der Waals surface area (Å²) in [5, 5.41) is 0. The van der Waals surface area contributed by atoms with Crippen molar-refractivity contribution in [3.8, 4) is 0 Å². The fraction of sp³-hybridized carbons (Fsp3) is 0.273. The zero-order chi connectivity index (χ0) is 18.5. The van der Waals surface area contributed by atoms with Gasteiger partial charge in [0.1, 0.15) is 0 Å². The average Bonchev–Trinajstić information content (AvgIpc) is 2.66. The second kappa shape index (κ2) is 8.00. The Balaban J connectivity index is 1.54. The van der Waals surface area contributed by atoms with Crippen molar-refractivity contribution in [2.24, 2.45) is 0 Å². The van der Waals surface area contributed by atoms with Crippen molar-refractivity contribution in [3.05, 3.63) is 76.9 Å². The highest BCUT2D eigenvalue weighted by Gasteiger charge is 2.19. The summed E-state index contributed by atoms with van der Waals surface area (Å²) in [4.78, 5) is 26.2. The Hall–Kier alpha value is -2.88. The molecular formula is C22H23NO3. The number of rotatable bonds is 4. The summed E-state index contributed by atoms with van der Waals surface area (Å²) in [6.45, 7) is 4.82. The summed E-state index contributed by atoms with van der Waals surface area (Å²) < 4.78 is 5.21. The number of aryl methyl sites for hydroxylation is 2. The predicted molar refractivity (Wildman–Crippen MR) is 102 cm³/mol. The summed E-state index contributed by atoms with van der Waals surface area (Å²) in [5.41, 5.74) is 4.93. The van der Waals surface area contributed by atoms with Gasteiger partial charge in [-0.3, -0.25) is 4.79 Å². The first-order chi connectivity index (χ1) is 12.5. The molecule has 0 saturated carbocycles. The van der Waals surface area contributed by atoms with E-state index in [2.05, 4.69) is 18.2 Å². The van der Waals surface area contributed by atoms with Crippen LogP contribution in [0.5, 0.6) is 0 Å². The quantitative estimate of drug-likeness (QED) is 0.789. The first-order valence-corrected chi connectivity index (χ1v) is 8.80. The second-order valence-electron chi connectivity index (χ2n) is 6.64. The Morgan fingerprint density at radius 1 is 1.04 bits per heavy atom. The van der Waals surface area contributed by atoms with Gasteiger partial charge in [-0.05, 0) is 43.5 Å². The predicted octanol–water partition coefficient (Wildman–Crippen LogP) is 3.78. The van der Waals surface area contributed by atoms with Crippen LogP contribution in [0.2, 0.25) is 0 Å². The maximum atomic E-state index is 12.3. The monoisotopic (exact) mass is 349 g/mol. The molecule has 0 bridgehead atoms. The summed E-state index contributed by atoms with van der Waals surface area (Å²) in [6, 6.07) is 15.7. The number of benzene rings is 2. The van der Waals surface area contributed by atoms with Crippen LogP contribution in [0.25, 0.3) is 5.57 Å². The Bertz CT molecular complexity index is 819. The van der Waals surface area contributed by atoms with Gasteiger partial charge in [-0.1, -0.05) is 53.6 Å². The molecule has 4 nitrogen and oxygen atoms in total. The van der Waals surface area contributed by atoms with Gasteiger partial charge in [0.05, 0.1) is 5.56 Å². The van der Waals surface area contributed by atoms with E-state index in [0.29, 0.717) is 18.7 Å². The minimum absolute atomic E-state index is 0.161. The summed E-state index contributed by atoms with van der Waals surface area (Å²) in [5.74, 6) is -0.617. The molecule has 4 heteroatoms. The molecule has 1 aliphatic rings.